The number of fused-ring (bicyclic) bond motifs is 16. The SMILES string of the molecule is c1ccc(N(c2cnc3ccccc3n2)c2cc3c4ccccc4c(N(c4ccccc4)c4cccc5c4-c4ccccc4C54c5ccccc5-c5ccccc54)cc3c3ccccc23)cc1. The molecule has 0 saturated carbocycles. The van der Waals surface area contributed by atoms with Crippen molar-refractivity contribution >= 4 is 77.6 Å². The molecule has 0 radical (unpaired) electrons. The molecule has 1 spiro atoms. The quantitative estimate of drug-likeness (QED) is 0.156. The van der Waals surface area contributed by atoms with Crippen LogP contribution in [-0.2, 0) is 5.41 Å². The molecule has 11 aromatic carbocycles. The van der Waals surface area contributed by atoms with Gasteiger partial charge in [-0.2, -0.15) is 0 Å². The monoisotopic (exact) mass is 852 g/mol. The predicted octanol–water partition coefficient (Wildman–Crippen LogP) is 16.4. The molecule has 0 unspecified atom stereocenters. The molecule has 67 heavy (non-hydrogen) atoms. The highest BCUT2D eigenvalue weighted by Crippen LogP contribution is 2.65. The summed E-state index contributed by atoms with van der Waals surface area (Å²) in [5, 5.41) is 6.95. The summed E-state index contributed by atoms with van der Waals surface area (Å²) >= 11 is 0. The third-order valence-corrected chi connectivity index (χ3v) is 14.3. The van der Waals surface area contributed by atoms with Crippen molar-refractivity contribution in [2.45, 2.75) is 5.41 Å². The Kier molecular flexibility index (Phi) is 8.16. The van der Waals surface area contributed by atoms with Gasteiger partial charge < -0.3 is 4.90 Å². The highest BCUT2D eigenvalue weighted by Gasteiger charge is 2.52. The summed E-state index contributed by atoms with van der Waals surface area (Å²) in [4.78, 5) is 14.9. The molecule has 1 aromatic heterocycles. The lowest BCUT2D eigenvalue weighted by Gasteiger charge is -2.32. The van der Waals surface area contributed by atoms with Gasteiger partial charge in [0.15, 0.2) is 5.82 Å². The van der Waals surface area contributed by atoms with Gasteiger partial charge in [-0.05, 0) is 115 Å². The second-order valence-corrected chi connectivity index (χ2v) is 17.6. The molecule has 2 aliphatic carbocycles. The van der Waals surface area contributed by atoms with E-state index in [1.165, 1.54) is 55.3 Å². The zero-order chi connectivity index (χ0) is 44.1. The highest BCUT2D eigenvalue weighted by atomic mass is 15.2. The van der Waals surface area contributed by atoms with Crippen LogP contribution in [0.25, 0.3) is 65.6 Å². The van der Waals surface area contributed by atoms with Gasteiger partial charge in [-0.1, -0.05) is 182 Å². The zero-order valence-electron chi connectivity index (χ0n) is 36.4. The molecule has 0 amide bonds. The summed E-state index contributed by atoms with van der Waals surface area (Å²) in [6.07, 6.45) is 1.90. The van der Waals surface area contributed by atoms with E-state index < -0.39 is 5.41 Å². The Morgan fingerprint density at radius 1 is 0.313 bits per heavy atom. The van der Waals surface area contributed by atoms with Gasteiger partial charge >= 0.3 is 0 Å². The minimum atomic E-state index is -0.463. The van der Waals surface area contributed by atoms with Gasteiger partial charge in [0, 0.05) is 27.7 Å². The first-order valence-corrected chi connectivity index (χ1v) is 23.0. The lowest BCUT2D eigenvalue weighted by Crippen LogP contribution is -2.26. The minimum Gasteiger partial charge on any atom is -0.309 e. The van der Waals surface area contributed by atoms with Crippen molar-refractivity contribution in [2.24, 2.45) is 0 Å². The summed E-state index contributed by atoms with van der Waals surface area (Å²) in [6, 6.07) is 86.3. The van der Waals surface area contributed by atoms with E-state index in [0.717, 1.165) is 66.8 Å². The molecule has 312 valence electrons. The number of hydrogen-bond acceptors (Lipinski definition) is 4. The molecule has 0 atom stereocenters. The maximum atomic E-state index is 5.23. The van der Waals surface area contributed by atoms with E-state index in [1.54, 1.807) is 0 Å². The van der Waals surface area contributed by atoms with Crippen molar-refractivity contribution in [2.75, 3.05) is 9.80 Å². The van der Waals surface area contributed by atoms with Gasteiger partial charge in [0.1, 0.15) is 0 Å². The van der Waals surface area contributed by atoms with Crippen LogP contribution in [-0.4, -0.2) is 9.97 Å². The molecule has 0 fully saturated rings. The molecule has 0 aliphatic heterocycles. The minimum absolute atomic E-state index is 0.463. The van der Waals surface area contributed by atoms with Crippen LogP contribution in [0, 0.1) is 0 Å². The summed E-state index contributed by atoms with van der Waals surface area (Å²) < 4.78 is 0. The van der Waals surface area contributed by atoms with Crippen LogP contribution in [0.1, 0.15) is 22.3 Å². The van der Waals surface area contributed by atoms with Crippen molar-refractivity contribution < 1.29 is 0 Å². The first kappa shape index (κ1) is 37.5. The molecule has 4 nitrogen and oxygen atoms in total. The molecule has 0 saturated heterocycles. The fourth-order valence-electron chi connectivity index (χ4n) is 11.6. The fraction of sp³-hybridized carbons (Fsp3) is 0.0159. The van der Waals surface area contributed by atoms with E-state index in [1.807, 2.05) is 30.5 Å². The van der Waals surface area contributed by atoms with Gasteiger partial charge in [-0.3, -0.25) is 9.88 Å². The summed E-state index contributed by atoms with van der Waals surface area (Å²) in [5.41, 5.74) is 17.1. The second-order valence-electron chi connectivity index (χ2n) is 17.6. The first-order valence-electron chi connectivity index (χ1n) is 23.0. The van der Waals surface area contributed by atoms with Gasteiger partial charge in [0.05, 0.1) is 39.7 Å². The zero-order valence-corrected chi connectivity index (χ0v) is 36.4. The van der Waals surface area contributed by atoms with Crippen LogP contribution in [0.15, 0.2) is 243 Å². The van der Waals surface area contributed by atoms with Crippen LogP contribution >= 0.6 is 0 Å². The number of rotatable bonds is 6. The third-order valence-electron chi connectivity index (χ3n) is 14.3. The van der Waals surface area contributed by atoms with E-state index in [0.29, 0.717) is 0 Å². The van der Waals surface area contributed by atoms with Crippen molar-refractivity contribution in [3.05, 3.63) is 265 Å². The average Bonchev–Trinajstić information content (AvgIpc) is 3.87. The van der Waals surface area contributed by atoms with Gasteiger partial charge in [0.25, 0.3) is 0 Å². The van der Waals surface area contributed by atoms with Gasteiger partial charge in [-0.25, -0.2) is 4.98 Å². The van der Waals surface area contributed by atoms with Gasteiger partial charge in [0.2, 0.25) is 0 Å². The van der Waals surface area contributed by atoms with Crippen molar-refractivity contribution in [1.29, 1.82) is 0 Å². The van der Waals surface area contributed by atoms with Gasteiger partial charge in [-0.15, -0.1) is 0 Å². The Balaban J connectivity index is 1.06. The van der Waals surface area contributed by atoms with Crippen LogP contribution < -0.4 is 9.80 Å². The van der Waals surface area contributed by atoms with Crippen molar-refractivity contribution in [3.63, 3.8) is 0 Å². The maximum absolute atomic E-state index is 5.23. The van der Waals surface area contributed by atoms with E-state index in [-0.39, 0.29) is 0 Å². The molecule has 1 heterocycles. The summed E-state index contributed by atoms with van der Waals surface area (Å²) in [6.45, 7) is 0. The third kappa shape index (κ3) is 5.35. The number of aromatic nitrogens is 2. The van der Waals surface area contributed by atoms with Crippen LogP contribution in [0.2, 0.25) is 0 Å². The molecule has 2 aliphatic rings. The van der Waals surface area contributed by atoms with Crippen molar-refractivity contribution in [3.8, 4) is 22.3 Å². The van der Waals surface area contributed by atoms with Crippen LogP contribution in [0.3, 0.4) is 0 Å². The Hall–Kier alpha value is -8.86. The standard InChI is InChI=1S/C63H40N4/c1-3-20-41(21-4-1)66(58-37-19-34-55-62(58)49-30-13-16-33-54(49)63(55)52-31-14-11-26-45(52)46-27-12-15-32-53(46)63)59-38-50-44-25-8-10-29-48(44)60(39-51(50)43-24-7-9-28-47(43)59)67(42-22-5-2-6-23-42)61-40-64-56-35-17-18-36-57(56)65-61/h1-40H. The largest absolute Gasteiger partial charge is 0.309 e. The maximum Gasteiger partial charge on any atom is 0.156 e. The highest BCUT2D eigenvalue weighted by molar-refractivity contribution is 6.25. The molecule has 4 heteroatoms. The fourth-order valence-corrected chi connectivity index (χ4v) is 11.6. The molecule has 0 bridgehead atoms. The lowest BCUT2D eigenvalue weighted by molar-refractivity contribution is 0.794. The summed E-state index contributed by atoms with van der Waals surface area (Å²) in [5.74, 6) is 0.758. The number of benzene rings is 11. The van der Waals surface area contributed by atoms with Crippen molar-refractivity contribution in [1.82, 2.24) is 9.97 Å². The first-order chi connectivity index (χ1) is 33.3. The molecular weight excluding hydrogens is 813 g/mol. The topological polar surface area (TPSA) is 32.3 Å². The number of nitrogens with zero attached hydrogens (tertiary/aromatic N) is 4. The van der Waals surface area contributed by atoms with E-state index in [2.05, 4.69) is 222 Å². The van der Waals surface area contributed by atoms with Crippen LogP contribution in [0.4, 0.5) is 34.3 Å². The molecule has 14 rings (SSSR count). The Morgan fingerprint density at radius 3 is 1.37 bits per heavy atom. The molecular formula is C63H40N4. The lowest BCUT2D eigenvalue weighted by atomic mass is 9.70. The van der Waals surface area contributed by atoms with E-state index >= 15 is 0 Å². The second kappa shape index (κ2) is 14.6. The van der Waals surface area contributed by atoms with E-state index in [4.69, 9.17) is 9.97 Å². The number of para-hydroxylation sites is 4. The average molecular weight is 853 g/mol. The Labute approximate surface area is 388 Å². The smallest absolute Gasteiger partial charge is 0.156 e. The number of anilines is 6. The number of hydrogen-bond donors (Lipinski definition) is 0. The Morgan fingerprint density at radius 2 is 0.761 bits per heavy atom. The Bertz CT molecular complexity index is 3910. The van der Waals surface area contributed by atoms with E-state index in [9.17, 15) is 0 Å². The predicted molar refractivity (Wildman–Crippen MR) is 278 cm³/mol. The molecule has 0 N–H and O–H groups in total. The molecule has 12 aromatic rings. The normalized spacial score (nSPS) is 12.9. The summed E-state index contributed by atoms with van der Waals surface area (Å²) in [7, 11) is 0. The van der Waals surface area contributed by atoms with Crippen LogP contribution in [0.5, 0.6) is 0 Å².